The maximum atomic E-state index is 12.1. The minimum absolute atomic E-state index is 0.116. The minimum atomic E-state index is -3.61. The van der Waals surface area contributed by atoms with Gasteiger partial charge >= 0.3 is 0 Å². The number of furan rings is 1. The molecule has 0 radical (unpaired) electrons. The van der Waals surface area contributed by atoms with E-state index in [0.29, 0.717) is 11.5 Å². The van der Waals surface area contributed by atoms with Crippen molar-refractivity contribution in [3.05, 3.63) is 30.7 Å². The van der Waals surface area contributed by atoms with E-state index in [-0.39, 0.29) is 36.5 Å². The van der Waals surface area contributed by atoms with Crippen molar-refractivity contribution in [3.63, 3.8) is 0 Å². The Morgan fingerprint density at radius 1 is 1.41 bits per heavy atom. The molecule has 1 aliphatic heterocycles. The van der Waals surface area contributed by atoms with Crippen LogP contribution in [0.5, 0.6) is 0 Å². The summed E-state index contributed by atoms with van der Waals surface area (Å²) >= 11 is 0. The van der Waals surface area contributed by atoms with Gasteiger partial charge in [-0.05, 0) is 18.2 Å². The maximum Gasteiger partial charge on any atom is 0.232 e. The summed E-state index contributed by atoms with van der Waals surface area (Å²) in [7, 11) is -3.61. The van der Waals surface area contributed by atoms with Gasteiger partial charge in [-0.1, -0.05) is 0 Å². The molecule has 0 bridgehead atoms. The summed E-state index contributed by atoms with van der Waals surface area (Å²) in [4.78, 5) is 21.8. The van der Waals surface area contributed by atoms with Crippen LogP contribution in [0.15, 0.2) is 35.1 Å². The molecule has 116 valence electrons. The fraction of sp³-hybridized carbons (Fsp3) is 0.308. The predicted octanol–water partition coefficient (Wildman–Crippen LogP) is 0.378. The van der Waals surface area contributed by atoms with E-state index in [1.165, 1.54) is 17.4 Å². The molecule has 1 amide bonds. The van der Waals surface area contributed by atoms with Gasteiger partial charge in [0, 0.05) is 25.1 Å². The number of hydrogen-bond donors (Lipinski definition) is 1. The summed E-state index contributed by atoms with van der Waals surface area (Å²) in [6.45, 7) is 0.233. The van der Waals surface area contributed by atoms with Crippen LogP contribution in [-0.2, 0) is 14.8 Å². The van der Waals surface area contributed by atoms with Gasteiger partial charge in [0.25, 0.3) is 0 Å². The lowest BCUT2D eigenvalue weighted by Crippen LogP contribution is -2.28. The molecule has 0 aliphatic carbocycles. The highest BCUT2D eigenvalue weighted by Crippen LogP contribution is 2.25. The van der Waals surface area contributed by atoms with Crippen molar-refractivity contribution in [1.29, 1.82) is 0 Å². The molecular formula is C13H14N4O4S. The second-order valence-corrected chi connectivity index (χ2v) is 6.78. The van der Waals surface area contributed by atoms with Gasteiger partial charge in [0.2, 0.25) is 21.9 Å². The van der Waals surface area contributed by atoms with Gasteiger partial charge in [0.1, 0.15) is 5.69 Å². The fourth-order valence-electron chi connectivity index (χ4n) is 2.46. The number of primary sulfonamides is 1. The number of aromatic nitrogens is 2. The molecule has 0 spiro atoms. The summed E-state index contributed by atoms with van der Waals surface area (Å²) in [6.07, 6.45) is 3.17. The zero-order chi connectivity index (χ0) is 15.7. The molecule has 2 N–H and O–H groups in total. The van der Waals surface area contributed by atoms with Gasteiger partial charge in [0.15, 0.2) is 5.76 Å². The van der Waals surface area contributed by atoms with Crippen LogP contribution in [0, 0.1) is 5.92 Å². The number of carbonyl (C=O) groups excluding carboxylic acids is 1. The Hall–Kier alpha value is -2.26. The van der Waals surface area contributed by atoms with Gasteiger partial charge in [-0.3, -0.25) is 9.69 Å². The van der Waals surface area contributed by atoms with Crippen LogP contribution in [0.3, 0.4) is 0 Å². The first-order valence-corrected chi connectivity index (χ1v) is 8.32. The van der Waals surface area contributed by atoms with Crippen LogP contribution in [0.2, 0.25) is 0 Å². The van der Waals surface area contributed by atoms with Crippen molar-refractivity contribution in [2.75, 3.05) is 17.2 Å². The van der Waals surface area contributed by atoms with E-state index >= 15 is 0 Å². The number of amides is 1. The number of rotatable bonds is 4. The lowest BCUT2D eigenvalue weighted by atomic mass is 10.1. The van der Waals surface area contributed by atoms with E-state index < -0.39 is 10.0 Å². The lowest BCUT2D eigenvalue weighted by Gasteiger charge is -2.14. The molecule has 8 nitrogen and oxygen atoms in total. The smallest absolute Gasteiger partial charge is 0.232 e. The largest absolute Gasteiger partial charge is 0.463 e. The van der Waals surface area contributed by atoms with E-state index in [9.17, 15) is 13.2 Å². The molecule has 0 aromatic carbocycles. The average molecular weight is 322 g/mol. The summed E-state index contributed by atoms with van der Waals surface area (Å²) in [5.74, 6) is 0.00318. The summed E-state index contributed by atoms with van der Waals surface area (Å²) < 4.78 is 27.6. The van der Waals surface area contributed by atoms with E-state index in [1.807, 2.05) is 0 Å². The lowest BCUT2D eigenvalue weighted by molar-refractivity contribution is -0.117. The Morgan fingerprint density at radius 2 is 2.23 bits per heavy atom. The third kappa shape index (κ3) is 3.15. The number of nitrogens with two attached hydrogens (primary N) is 1. The first-order valence-electron chi connectivity index (χ1n) is 6.60. The zero-order valence-corrected chi connectivity index (χ0v) is 12.4. The molecule has 1 fully saturated rings. The Kier molecular flexibility index (Phi) is 3.67. The number of anilines is 1. The monoisotopic (exact) mass is 322 g/mol. The highest BCUT2D eigenvalue weighted by Gasteiger charge is 2.34. The first kappa shape index (κ1) is 14.7. The van der Waals surface area contributed by atoms with E-state index in [2.05, 4.69) is 9.97 Å². The second-order valence-electron chi connectivity index (χ2n) is 5.12. The van der Waals surface area contributed by atoms with Crippen molar-refractivity contribution in [3.8, 4) is 11.5 Å². The molecule has 22 heavy (non-hydrogen) atoms. The van der Waals surface area contributed by atoms with Crippen LogP contribution in [0.1, 0.15) is 6.42 Å². The Morgan fingerprint density at radius 3 is 2.91 bits per heavy atom. The number of sulfonamides is 1. The van der Waals surface area contributed by atoms with Gasteiger partial charge < -0.3 is 4.42 Å². The van der Waals surface area contributed by atoms with Crippen LogP contribution in [0.4, 0.5) is 5.95 Å². The van der Waals surface area contributed by atoms with Gasteiger partial charge in [-0.2, -0.15) is 0 Å². The molecule has 9 heteroatoms. The standard InChI is InChI=1S/C13H14N4O4S/c14-22(19,20)8-9-6-12(18)17(7-9)13-15-4-3-10(16-13)11-2-1-5-21-11/h1-5,9H,6-8H2,(H2,14,19,20). The van der Waals surface area contributed by atoms with Crippen molar-refractivity contribution in [1.82, 2.24) is 9.97 Å². The molecule has 1 atom stereocenters. The molecule has 2 aromatic rings. The predicted molar refractivity (Wildman–Crippen MR) is 78.2 cm³/mol. The van der Waals surface area contributed by atoms with Crippen LogP contribution in [0.25, 0.3) is 11.5 Å². The van der Waals surface area contributed by atoms with Crippen LogP contribution < -0.4 is 10.0 Å². The fourth-order valence-corrected chi connectivity index (χ4v) is 3.34. The molecule has 3 rings (SSSR count). The third-order valence-corrected chi connectivity index (χ3v) is 4.27. The normalized spacial score (nSPS) is 18.9. The SMILES string of the molecule is NS(=O)(=O)CC1CC(=O)N(c2nccc(-c3ccco3)n2)C1. The molecular weight excluding hydrogens is 308 g/mol. The minimum Gasteiger partial charge on any atom is -0.463 e. The van der Waals surface area contributed by atoms with Crippen LogP contribution in [-0.4, -0.2) is 36.6 Å². The number of carbonyl (C=O) groups is 1. The van der Waals surface area contributed by atoms with Crippen LogP contribution >= 0.6 is 0 Å². The Bertz CT molecular complexity index is 788. The van der Waals surface area contributed by atoms with Gasteiger partial charge in [-0.25, -0.2) is 23.5 Å². The summed E-state index contributed by atoms with van der Waals surface area (Å²) in [5, 5.41) is 5.03. The molecule has 0 saturated carbocycles. The van der Waals surface area contributed by atoms with E-state index in [1.54, 1.807) is 18.2 Å². The first-order chi connectivity index (χ1) is 10.4. The zero-order valence-electron chi connectivity index (χ0n) is 11.5. The highest BCUT2D eigenvalue weighted by molar-refractivity contribution is 7.89. The van der Waals surface area contributed by atoms with Gasteiger partial charge in [0.05, 0.1) is 12.0 Å². The third-order valence-electron chi connectivity index (χ3n) is 3.33. The van der Waals surface area contributed by atoms with E-state index in [0.717, 1.165) is 0 Å². The molecule has 1 unspecified atom stereocenters. The molecule has 1 saturated heterocycles. The topological polar surface area (TPSA) is 119 Å². The quantitative estimate of drug-likeness (QED) is 0.869. The molecule has 2 aromatic heterocycles. The number of nitrogens with zero attached hydrogens (tertiary/aromatic N) is 3. The molecule has 1 aliphatic rings. The van der Waals surface area contributed by atoms with Crippen molar-refractivity contribution in [2.24, 2.45) is 11.1 Å². The summed E-state index contributed by atoms with van der Waals surface area (Å²) in [6, 6.07) is 5.16. The maximum absolute atomic E-state index is 12.1. The van der Waals surface area contributed by atoms with Gasteiger partial charge in [-0.15, -0.1) is 0 Å². The highest BCUT2D eigenvalue weighted by atomic mass is 32.2. The molecule has 3 heterocycles. The summed E-state index contributed by atoms with van der Waals surface area (Å²) in [5.41, 5.74) is 0.553. The van der Waals surface area contributed by atoms with Crippen molar-refractivity contribution < 1.29 is 17.6 Å². The van der Waals surface area contributed by atoms with Crippen molar-refractivity contribution >= 4 is 21.9 Å². The Labute approximate surface area is 127 Å². The average Bonchev–Trinajstić information content (AvgIpc) is 3.07. The second kappa shape index (κ2) is 5.50. The Balaban J connectivity index is 1.83. The van der Waals surface area contributed by atoms with Crippen molar-refractivity contribution in [2.45, 2.75) is 6.42 Å². The van der Waals surface area contributed by atoms with E-state index in [4.69, 9.17) is 9.56 Å². The number of hydrogen-bond acceptors (Lipinski definition) is 6.